The first-order valence-corrected chi connectivity index (χ1v) is 7.07. The van der Waals surface area contributed by atoms with Crippen LogP contribution in [0.3, 0.4) is 0 Å². The Bertz CT molecular complexity index is 682. The van der Waals surface area contributed by atoms with Gasteiger partial charge in [-0.05, 0) is 27.9 Å². The highest BCUT2D eigenvalue weighted by molar-refractivity contribution is 9.10. The molecule has 0 aromatic carbocycles. The fourth-order valence-electron chi connectivity index (χ4n) is 1.70. The standard InChI is InChI=1S/C12H11BrClF3N4/c1-5(2)9-8(13)10(18)21(20-9)11-7(14)3-6(4-19-11)12(15,16)17/h3-5H,18H2,1-2H3. The Morgan fingerprint density at radius 1 is 1.38 bits per heavy atom. The van der Waals surface area contributed by atoms with E-state index >= 15 is 0 Å². The van der Waals surface area contributed by atoms with Gasteiger partial charge in [0.2, 0.25) is 0 Å². The van der Waals surface area contributed by atoms with Crippen LogP contribution < -0.4 is 5.73 Å². The van der Waals surface area contributed by atoms with E-state index in [1.54, 1.807) is 0 Å². The number of hydrogen-bond acceptors (Lipinski definition) is 3. The van der Waals surface area contributed by atoms with Crippen LogP contribution in [0.4, 0.5) is 19.0 Å². The number of nitrogens with zero attached hydrogens (tertiary/aromatic N) is 3. The highest BCUT2D eigenvalue weighted by Gasteiger charge is 2.32. The van der Waals surface area contributed by atoms with Gasteiger partial charge in [-0.3, -0.25) is 0 Å². The fourth-order valence-corrected chi connectivity index (χ4v) is 2.65. The topological polar surface area (TPSA) is 56.7 Å². The molecule has 0 aliphatic heterocycles. The Hall–Kier alpha value is -1.28. The van der Waals surface area contributed by atoms with Crippen LogP contribution in [0.5, 0.6) is 0 Å². The van der Waals surface area contributed by atoms with Crippen LogP contribution in [0, 0.1) is 0 Å². The molecule has 0 saturated carbocycles. The van der Waals surface area contributed by atoms with Crippen molar-refractivity contribution < 1.29 is 13.2 Å². The molecule has 2 aromatic heterocycles. The molecule has 114 valence electrons. The van der Waals surface area contributed by atoms with Crippen LogP contribution in [-0.2, 0) is 6.18 Å². The number of hydrogen-bond donors (Lipinski definition) is 1. The summed E-state index contributed by atoms with van der Waals surface area (Å²) in [7, 11) is 0. The molecule has 2 heterocycles. The third-order valence-electron chi connectivity index (χ3n) is 2.78. The molecule has 0 fully saturated rings. The van der Waals surface area contributed by atoms with Crippen LogP contribution >= 0.6 is 27.5 Å². The number of anilines is 1. The van der Waals surface area contributed by atoms with Crippen LogP contribution in [0.25, 0.3) is 5.82 Å². The zero-order valence-corrected chi connectivity index (χ0v) is 13.4. The average Bonchev–Trinajstić information content (AvgIpc) is 2.65. The van der Waals surface area contributed by atoms with Gasteiger partial charge >= 0.3 is 6.18 Å². The first kappa shape index (κ1) is 16.1. The van der Waals surface area contributed by atoms with Crippen molar-refractivity contribution in [2.75, 3.05) is 5.73 Å². The first-order chi connectivity index (χ1) is 9.62. The van der Waals surface area contributed by atoms with Gasteiger partial charge < -0.3 is 5.73 Å². The zero-order valence-electron chi connectivity index (χ0n) is 11.0. The van der Waals surface area contributed by atoms with E-state index in [0.717, 1.165) is 6.07 Å². The lowest BCUT2D eigenvalue weighted by Crippen LogP contribution is -2.09. The van der Waals surface area contributed by atoms with Gasteiger partial charge in [-0.2, -0.15) is 23.0 Å². The second kappa shape index (κ2) is 5.49. The Balaban J connectivity index is 2.56. The van der Waals surface area contributed by atoms with Gasteiger partial charge in [0.15, 0.2) is 5.82 Å². The largest absolute Gasteiger partial charge is 0.417 e. The van der Waals surface area contributed by atoms with E-state index in [4.69, 9.17) is 17.3 Å². The first-order valence-electron chi connectivity index (χ1n) is 5.90. The van der Waals surface area contributed by atoms with Gasteiger partial charge in [0, 0.05) is 6.20 Å². The Kier molecular flexibility index (Phi) is 4.21. The summed E-state index contributed by atoms with van der Waals surface area (Å²) < 4.78 is 39.6. The van der Waals surface area contributed by atoms with E-state index in [0.29, 0.717) is 16.4 Å². The molecule has 0 spiro atoms. The van der Waals surface area contributed by atoms with Crippen LogP contribution in [0.2, 0.25) is 5.02 Å². The lowest BCUT2D eigenvalue weighted by Gasteiger charge is -2.09. The predicted octanol–water partition coefficient (Wildman–Crippen LogP) is 4.41. The summed E-state index contributed by atoms with van der Waals surface area (Å²) in [6.45, 7) is 3.83. The highest BCUT2D eigenvalue weighted by atomic mass is 79.9. The number of aromatic nitrogens is 3. The molecule has 0 aliphatic carbocycles. The molecular formula is C12H11BrClF3N4. The number of alkyl halides is 3. The van der Waals surface area contributed by atoms with Gasteiger partial charge in [-0.15, -0.1) is 0 Å². The van der Waals surface area contributed by atoms with Crippen molar-refractivity contribution in [1.29, 1.82) is 0 Å². The summed E-state index contributed by atoms with van der Waals surface area (Å²) in [4.78, 5) is 3.74. The second-order valence-corrected chi connectivity index (χ2v) is 5.88. The molecule has 0 saturated heterocycles. The number of halogens is 5. The normalized spacial score (nSPS) is 12.2. The van der Waals surface area contributed by atoms with Crippen molar-refractivity contribution in [2.45, 2.75) is 25.9 Å². The van der Waals surface area contributed by atoms with E-state index < -0.39 is 11.7 Å². The van der Waals surface area contributed by atoms with Crippen molar-refractivity contribution in [3.8, 4) is 5.82 Å². The third-order valence-corrected chi connectivity index (χ3v) is 3.87. The highest BCUT2D eigenvalue weighted by Crippen LogP contribution is 2.35. The van der Waals surface area contributed by atoms with E-state index in [2.05, 4.69) is 26.0 Å². The predicted molar refractivity (Wildman–Crippen MR) is 77.6 cm³/mol. The van der Waals surface area contributed by atoms with Crippen molar-refractivity contribution in [2.24, 2.45) is 0 Å². The SMILES string of the molecule is CC(C)c1nn(-c2ncc(C(F)(F)F)cc2Cl)c(N)c1Br. The molecule has 0 amide bonds. The molecule has 0 bridgehead atoms. The Morgan fingerprint density at radius 2 is 2.00 bits per heavy atom. The number of pyridine rings is 1. The third kappa shape index (κ3) is 3.01. The minimum absolute atomic E-state index is 0.0507. The number of nitrogens with two attached hydrogens (primary N) is 1. The molecule has 9 heteroatoms. The van der Waals surface area contributed by atoms with Crippen molar-refractivity contribution in [3.05, 3.63) is 33.0 Å². The minimum atomic E-state index is -4.51. The van der Waals surface area contributed by atoms with Crippen LogP contribution in [0.15, 0.2) is 16.7 Å². The quantitative estimate of drug-likeness (QED) is 0.836. The summed E-state index contributed by atoms with van der Waals surface area (Å²) in [6.07, 6.45) is -3.81. The number of rotatable bonds is 2. The lowest BCUT2D eigenvalue weighted by molar-refractivity contribution is -0.137. The van der Waals surface area contributed by atoms with Crippen molar-refractivity contribution in [1.82, 2.24) is 14.8 Å². The Morgan fingerprint density at radius 3 is 2.43 bits per heavy atom. The Labute approximate surface area is 132 Å². The van der Waals surface area contributed by atoms with E-state index in [9.17, 15) is 13.2 Å². The molecule has 21 heavy (non-hydrogen) atoms. The van der Waals surface area contributed by atoms with Gasteiger partial charge in [0.05, 0.1) is 20.8 Å². The van der Waals surface area contributed by atoms with Crippen molar-refractivity contribution in [3.63, 3.8) is 0 Å². The molecular weight excluding hydrogens is 373 g/mol. The molecule has 0 atom stereocenters. The summed E-state index contributed by atoms with van der Waals surface area (Å²) in [5.41, 5.74) is 5.64. The van der Waals surface area contributed by atoms with Gasteiger partial charge in [0.25, 0.3) is 0 Å². The summed E-state index contributed by atoms with van der Waals surface area (Å²) in [5.74, 6) is 0.360. The van der Waals surface area contributed by atoms with Gasteiger partial charge in [0.1, 0.15) is 5.82 Å². The van der Waals surface area contributed by atoms with E-state index in [1.165, 1.54) is 4.68 Å². The lowest BCUT2D eigenvalue weighted by atomic mass is 10.1. The molecule has 2 rings (SSSR count). The molecule has 0 unspecified atom stereocenters. The average molecular weight is 384 g/mol. The van der Waals surface area contributed by atoms with Crippen LogP contribution in [-0.4, -0.2) is 14.8 Å². The van der Waals surface area contributed by atoms with E-state index in [1.807, 2.05) is 13.8 Å². The molecule has 0 aliphatic rings. The van der Waals surface area contributed by atoms with Gasteiger partial charge in [-0.25, -0.2) is 4.98 Å². The second-order valence-electron chi connectivity index (χ2n) is 4.68. The maximum Gasteiger partial charge on any atom is 0.417 e. The molecule has 2 N–H and O–H groups in total. The van der Waals surface area contributed by atoms with Crippen molar-refractivity contribution >= 4 is 33.3 Å². The maximum atomic E-state index is 12.6. The number of nitrogen functional groups attached to an aromatic ring is 1. The maximum absolute atomic E-state index is 12.6. The smallest absolute Gasteiger partial charge is 0.383 e. The molecule has 2 aromatic rings. The summed E-state index contributed by atoms with van der Waals surface area (Å²) in [5, 5.41) is 4.07. The van der Waals surface area contributed by atoms with Crippen LogP contribution in [0.1, 0.15) is 31.0 Å². The van der Waals surface area contributed by atoms with E-state index in [-0.39, 0.29) is 22.6 Å². The van der Waals surface area contributed by atoms with Gasteiger partial charge in [-0.1, -0.05) is 25.4 Å². The summed E-state index contributed by atoms with van der Waals surface area (Å²) in [6, 6.07) is 0.800. The monoisotopic (exact) mass is 382 g/mol. The molecule has 0 radical (unpaired) electrons. The minimum Gasteiger partial charge on any atom is -0.383 e. The zero-order chi connectivity index (χ0) is 15.9. The summed E-state index contributed by atoms with van der Waals surface area (Å²) >= 11 is 9.20. The molecule has 4 nitrogen and oxygen atoms in total. The fraction of sp³-hybridized carbons (Fsp3) is 0.333.